The van der Waals surface area contributed by atoms with Gasteiger partial charge in [-0.3, -0.25) is 9.59 Å². The zero-order chi connectivity index (χ0) is 12.8. The van der Waals surface area contributed by atoms with Crippen molar-refractivity contribution in [3.8, 4) is 11.5 Å². The van der Waals surface area contributed by atoms with E-state index in [4.69, 9.17) is 9.47 Å². The number of hydrogen-bond donors (Lipinski definition) is 0. The van der Waals surface area contributed by atoms with Gasteiger partial charge in [-0.05, 0) is 18.4 Å². The molecule has 1 rings (SSSR count). The molecule has 0 bridgehead atoms. The van der Waals surface area contributed by atoms with Crippen molar-refractivity contribution < 1.29 is 19.1 Å². The summed E-state index contributed by atoms with van der Waals surface area (Å²) in [5.41, 5.74) is 1.27. The van der Waals surface area contributed by atoms with E-state index in [1.54, 1.807) is 23.9 Å². The van der Waals surface area contributed by atoms with Crippen LogP contribution >= 0.6 is 11.8 Å². The summed E-state index contributed by atoms with van der Waals surface area (Å²) in [5.74, 6) is 1.01. The van der Waals surface area contributed by atoms with Crippen LogP contribution in [0.2, 0.25) is 0 Å². The van der Waals surface area contributed by atoms with Crippen LogP contribution in [-0.4, -0.2) is 25.6 Å². The molecule has 0 amide bonds. The number of carbonyl (C=O) groups excluding carboxylic acids is 2. The van der Waals surface area contributed by atoms with E-state index in [-0.39, 0.29) is 0 Å². The van der Waals surface area contributed by atoms with Crippen LogP contribution in [0.15, 0.2) is 12.1 Å². The Hall–Kier alpha value is -1.49. The summed E-state index contributed by atoms with van der Waals surface area (Å²) in [6.07, 6.45) is 2.67. The number of methoxy groups -OCH3 is 1. The van der Waals surface area contributed by atoms with Crippen LogP contribution in [0.1, 0.15) is 22.8 Å². The molecular weight excluding hydrogens is 240 g/mol. The highest BCUT2D eigenvalue weighted by molar-refractivity contribution is 7.97. The van der Waals surface area contributed by atoms with E-state index >= 15 is 0 Å². The molecule has 0 fully saturated rings. The molecule has 0 N–H and O–H groups in total. The summed E-state index contributed by atoms with van der Waals surface area (Å²) >= 11 is 1.57. The number of carbonyl (C=O) groups is 2. The van der Waals surface area contributed by atoms with Crippen molar-refractivity contribution in [3.63, 3.8) is 0 Å². The summed E-state index contributed by atoms with van der Waals surface area (Å²) in [6, 6.07) is 3.25. The maximum Gasteiger partial charge on any atom is 0.308 e. The molecular formula is C12H14O4S. The quantitative estimate of drug-likeness (QED) is 0.458. The summed E-state index contributed by atoms with van der Waals surface area (Å²) in [6.45, 7) is 1.33. The Morgan fingerprint density at radius 1 is 1.47 bits per heavy atom. The smallest absolute Gasteiger partial charge is 0.308 e. The molecule has 0 aliphatic carbocycles. The Morgan fingerprint density at radius 3 is 2.65 bits per heavy atom. The number of thioether (sulfide) groups is 1. The number of esters is 1. The molecule has 0 unspecified atom stereocenters. The second-order valence-corrected chi connectivity index (χ2v) is 4.22. The van der Waals surface area contributed by atoms with E-state index in [1.807, 2.05) is 6.26 Å². The van der Waals surface area contributed by atoms with Gasteiger partial charge in [0.15, 0.2) is 11.5 Å². The summed E-state index contributed by atoms with van der Waals surface area (Å²) < 4.78 is 10.3. The number of aldehydes is 1. The van der Waals surface area contributed by atoms with E-state index in [9.17, 15) is 9.59 Å². The monoisotopic (exact) mass is 254 g/mol. The molecule has 1 aromatic carbocycles. The number of benzene rings is 1. The van der Waals surface area contributed by atoms with Crippen LogP contribution in [0.25, 0.3) is 0 Å². The molecule has 17 heavy (non-hydrogen) atoms. The van der Waals surface area contributed by atoms with Gasteiger partial charge in [-0.15, -0.1) is 0 Å². The van der Waals surface area contributed by atoms with Crippen LogP contribution < -0.4 is 9.47 Å². The van der Waals surface area contributed by atoms with Crippen molar-refractivity contribution in [2.75, 3.05) is 13.4 Å². The maximum absolute atomic E-state index is 11.0. The second-order valence-electron chi connectivity index (χ2n) is 3.36. The summed E-state index contributed by atoms with van der Waals surface area (Å²) in [7, 11) is 1.47. The molecule has 0 saturated carbocycles. The zero-order valence-corrected chi connectivity index (χ0v) is 10.8. The van der Waals surface area contributed by atoms with Gasteiger partial charge in [0.1, 0.15) is 6.29 Å². The first-order valence-electron chi connectivity index (χ1n) is 4.95. The SMILES string of the molecule is COc1cc(C=O)cc(CSC)c1OC(C)=O. The molecule has 0 aromatic heterocycles. The van der Waals surface area contributed by atoms with Gasteiger partial charge in [-0.1, -0.05) is 0 Å². The van der Waals surface area contributed by atoms with Crippen LogP contribution in [0.3, 0.4) is 0 Å². The fraction of sp³-hybridized carbons (Fsp3) is 0.333. The maximum atomic E-state index is 11.0. The van der Waals surface area contributed by atoms with Crippen molar-refractivity contribution in [2.24, 2.45) is 0 Å². The highest BCUT2D eigenvalue weighted by atomic mass is 32.2. The minimum atomic E-state index is -0.412. The van der Waals surface area contributed by atoms with E-state index in [0.29, 0.717) is 22.8 Å². The van der Waals surface area contributed by atoms with Crippen molar-refractivity contribution >= 4 is 24.0 Å². The average Bonchev–Trinajstić information content (AvgIpc) is 2.30. The van der Waals surface area contributed by atoms with Crippen LogP contribution in [0.4, 0.5) is 0 Å². The Morgan fingerprint density at radius 2 is 2.18 bits per heavy atom. The van der Waals surface area contributed by atoms with E-state index in [0.717, 1.165) is 11.8 Å². The lowest BCUT2D eigenvalue weighted by atomic mass is 10.1. The predicted octanol–water partition coefficient (Wildman–Crippen LogP) is 2.30. The number of rotatable bonds is 5. The predicted molar refractivity (Wildman–Crippen MR) is 66.9 cm³/mol. The Balaban J connectivity index is 3.28. The average molecular weight is 254 g/mol. The Kier molecular flexibility index (Phi) is 5.03. The Bertz CT molecular complexity index is 429. The number of ether oxygens (including phenoxy) is 2. The molecule has 0 radical (unpaired) electrons. The molecule has 0 aliphatic rings. The second kappa shape index (κ2) is 6.30. The van der Waals surface area contributed by atoms with Crippen LogP contribution in [-0.2, 0) is 10.5 Å². The molecule has 5 heteroatoms. The minimum absolute atomic E-state index is 0.389. The summed E-state index contributed by atoms with van der Waals surface area (Å²) in [4.78, 5) is 21.8. The fourth-order valence-electron chi connectivity index (χ4n) is 1.43. The molecule has 92 valence electrons. The first-order chi connectivity index (χ1) is 8.12. The van der Waals surface area contributed by atoms with E-state index in [2.05, 4.69) is 0 Å². The molecule has 0 aliphatic heterocycles. The topological polar surface area (TPSA) is 52.6 Å². The van der Waals surface area contributed by atoms with Crippen molar-refractivity contribution in [2.45, 2.75) is 12.7 Å². The summed E-state index contributed by atoms with van der Waals surface area (Å²) in [5, 5.41) is 0. The van der Waals surface area contributed by atoms with E-state index < -0.39 is 5.97 Å². The van der Waals surface area contributed by atoms with Gasteiger partial charge in [0, 0.05) is 23.8 Å². The van der Waals surface area contributed by atoms with Crippen molar-refractivity contribution in [1.29, 1.82) is 0 Å². The first-order valence-corrected chi connectivity index (χ1v) is 6.35. The number of hydrogen-bond acceptors (Lipinski definition) is 5. The van der Waals surface area contributed by atoms with Crippen molar-refractivity contribution in [3.05, 3.63) is 23.3 Å². The lowest BCUT2D eigenvalue weighted by Crippen LogP contribution is -2.06. The third-order valence-electron chi connectivity index (χ3n) is 2.06. The minimum Gasteiger partial charge on any atom is -0.493 e. The van der Waals surface area contributed by atoms with Gasteiger partial charge in [0.25, 0.3) is 0 Å². The molecule has 0 saturated heterocycles. The molecule has 0 atom stereocenters. The fourth-order valence-corrected chi connectivity index (χ4v) is 1.95. The molecule has 1 aromatic rings. The van der Waals surface area contributed by atoms with Gasteiger partial charge in [-0.25, -0.2) is 0 Å². The van der Waals surface area contributed by atoms with E-state index in [1.165, 1.54) is 14.0 Å². The third-order valence-corrected chi connectivity index (χ3v) is 2.66. The zero-order valence-electron chi connectivity index (χ0n) is 9.98. The standard InChI is InChI=1S/C12H14O4S/c1-8(14)16-12-10(7-17-3)4-9(6-13)5-11(12)15-2/h4-6H,7H2,1-3H3. The highest BCUT2D eigenvalue weighted by Crippen LogP contribution is 2.34. The van der Waals surface area contributed by atoms with Gasteiger partial charge in [0.2, 0.25) is 0 Å². The van der Waals surface area contributed by atoms with Gasteiger partial charge in [0.05, 0.1) is 7.11 Å². The molecule has 0 spiro atoms. The van der Waals surface area contributed by atoms with Crippen LogP contribution in [0.5, 0.6) is 11.5 Å². The normalized spacial score (nSPS) is 9.82. The Labute approximate surface area is 104 Å². The first kappa shape index (κ1) is 13.6. The van der Waals surface area contributed by atoms with Gasteiger partial charge >= 0.3 is 5.97 Å². The lowest BCUT2D eigenvalue weighted by Gasteiger charge is -2.13. The molecule has 0 heterocycles. The highest BCUT2D eigenvalue weighted by Gasteiger charge is 2.14. The largest absolute Gasteiger partial charge is 0.493 e. The van der Waals surface area contributed by atoms with Crippen molar-refractivity contribution in [1.82, 2.24) is 0 Å². The van der Waals surface area contributed by atoms with Crippen LogP contribution in [0, 0.1) is 0 Å². The molecule has 4 nitrogen and oxygen atoms in total. The lowest BCUT2D eigenvalue weighted by molar-refractivity contribution is -0.132. The van der Waals surface area contributed by atoms with Gasteiger partial charge < -0.3 is 9.47 Å². The van der Waals surface area contributed by atoms with Gasteiger partial charge in [-0.2, -0.15) is 11.8 Å². The third kappa shape index (κ3) is 3.49.